The van der Waals surface area contributed by atoms with Crippen LogP contribution in [0.25, 0.3) is 33.6 Å². The molecule has 0 aliphatic rings. The Labute approximate surface area is 232 Å². The monoisotopic (exact) mass is 572 g/mol. The van der Waals surface area contributed by atoms with Gasteiger partial charge in [0.25, 0.3) is 0 Å². The molecule has 0 saturated carbocycles. The van der Waals surface area contributed by atoms with Crippen molar-refractivity contribution in [2.45, 2.75) is 45.2 Å². The van der Waals surface area contributed by atoms with Crippen molar-refractivity contribution in [2.24, 2.45) is 0 Å². The molecule has 0 nitrogen and oxygen atoms in total. The van der Waals surface area contributed by atoms with E-state index >= 15 is 8.78 Å². The number of hydrogen-bond acceptors (Lipinski definition) is 0. The van der Waals surface area contributed by atoms with E-state index in [1.54, 1.807) is 0 Å². The van der Waals surface area contributed by atoms with Crippen molar-refractivity contribution < 1.29 is 35.1 Å². The summed E-state index contributed by atoms with van der Waals surface area (Å²) in [6.45, 7) is 2.14. The number of halogens is 8. The predicted octanol–water partition coefficient (Wildman–Crippen LogP) is 10.7. The maximum atomic E-state index is 15.1. The molecule has 0 aromatic heterocycles. The van der Waals surface area contributed by atoms with Crippen LogP contribution in [0.2, 0.25) is 0 Å². The first-order valence-electron chi connectivity index (χ1n) is 12.9. The van der Waals surface area contributed by atoms with Crippen molar-refractivity contribution in [1.29, 1.82) is 0 Å². The van der Waals surface area contributed by atoms with Gasteiger partial charge >= 0.3 is 6.18 Å². The number of hydrogen-bond donors (Lipinski definition) is 0. The van der Waals surface area contributed by atoms with E-state index in [4.69, 9.17) is 0 Å². The van der Waals surface area contributed by atoms with Crippen molar-refractivity contribution in [2.75, 3.05) is 0 Å². The summed E-state index contributed by atoms with van der Waals surface area (Å²) in [5.41, 5.74) is 0.135. The molecule has 0 unspecified atom stereocenters. The summed E-state index contributed by atoms with van der Waals surface area (Å²) in [6, 6.07) is 14.7. The molecule has 0 aliphatic carbocycles. The number of unbranched alkanes of at least 4 members (excludes halogenated alkanes) is 3. The quantitative estimate of drug-likeness (QED) is 0.0853. The highest BCUT2D eigenvalue weighted by Crippen LogP contribution is 2.34. The third-order valence-corrected chi connectivity index (χ3v) is 6.62. The molecule has 0 amide bonds. The van der Waals surface area contributed by atoms with E-state index in [1.807, 2.05) is 24.3 Å². The van der Waals surface area contributed by atoms with Gasteiger partial charge in [0.1, 0.15) is 17.5 Å². The smallest absolute Gasteiger partial charge is 0.206 e. The van der Waals surface area contributed by atoms with E-state index in [-0.39, 0.29) is 10.8 Å². The van der Waals surface area contributed by atoms with Crippen molar-refractivity contribution in [3.63, 3.8) is 0 Å². The van der Waals surface area contributed by atoms with Gasteiger partial charge in [-0.25, -0.2) is 22.0 Å². The molecule has 0 heterocycles. The van der Waals surface area contributed by atoms with Crippen LogP contribution in [0.15, 0.2) is 66.7 Å². The van der Waals surface area contributed by atoms with E-state index in [1.165, 1.54) is 18.4 Å². The average molecular weight is 573 g/mol. The Morgan fingerprint density at radius 3 is 2.10 bits per heavy atom. The van der Waals surface area contributed by atoms with Gasteiger partial charge < -0.3 is 0 Å². The zero-order valence-corrected chi connectivity index (χ0v) is 21.9. The molecule has 0 bridgehead atoms. The molecule has 4 rings (SSSR count). The maximum absolute atomic E-state index is 15.1. The van der Waals surface area contributed by atoms with Gasteiger partial charge in [0, 0.05) is 22.4 Å². The fraction of sp³-hybridized carbons (Fsp3) is 0.212. The predicted molar refractivity (Wildman–Crippen MR) is 146 cm³/mol. The molecule has 0 atom stereocenters. The van der Waals surface area contributed by atoms with Crippen molar-refractivity contribution in [1.82, 2.24) is 0 Å². The minimum absolute atomic E-state index is 0.248. The molecule has 0 spiro atoms. The van der Waals surface area contributed by atoms with Crippen LogP contribution in [-0.4, -0.2) is 6.18 Å². The Morgan fingerprint density at radius 2 is 1.44 bits per heavy atom. The molecule has 4 aromatic rings. The Balaban J connectivity index is 1.60. The van der Waals surface area contributed by atoms with E-state index in [9.17, 15) is 26.3 Å². The fourth-order valence-electron chi connectivity index (χ4n) is 4.45. The lowest BCUT2D eigenvalue weighted by molar-refractivity contribution is -0.0696. The number of alkyl halides is 3. The summed E-state index contributed by atoms with van der Waals surface area (Å²) in [6.07, 6.45) is 0.523. The van der Waals surface area contributed by atoms with Crippen LogP contribution < -0.4 is 0 Å². The highest BCUT2D eigenvalue weighted by molar-refractivity contribution is 5.91. The van der Waals surface area contributed by atoms with Gasteiger partial charge in [0.15, 0.2) is 11.7 Å². The van der Waals surface area contributed by atoms with E-state index < -0.39 is 52.0 Å². The second-order valence-corrected chi connectivity index (χ2v) is 9.56. The average Bonchev–Trinajstić information content (AvgIpc) is 2.94. The topological polar surface area (TPSA) is 0 Å². The van der Waals surface area contributed by atoms with Crippen LogP contribution in [0.4, 0.5) is 35.1 Å². The normalized spacial score (nSPS) is 12.2. The molecule has 0 aliphatic heterocycles. The van der Waals surface area contributed by atoms with E-state index in [2.05, 4.69) is 6.92 Å². The van der Waals surface area contributed by atoms with E-state index in [0.29, 0.717) is 17.2 Å². The second-order valence-electron chi connectivity index (χ2n) is 9.56. The minimum Gasteiger partial charge on any atom is -0.206 e. The third kappa shape index (κ3) is 7.15. The fourth-order valence-corrected chi connectivity index (χ4v) is 4.45. The molecular weight excluding hydrogens is 548 g/mol. The first kappa shape index (κ1) is 29.9. The van der Waals surface area contributed by atoms with Gasteiger partial charge in [0.05, 0.1) is 5.56 Å². The minimum atomic E-state index is -4.96. The van der Waals surface area contributed by atoms with Crippen molar-refractivity contribution in [3.05, 3.63) is 106 Å². The van der Waals surface area contributed by atoms with Gasteiger partial charge in [-0.15, -0.1) is 0 Å². The summed E-state index contributed by atoms with van der Waals surface area (Å²) in [7, 11) is 0. The largest absolute Gasteiger partial charge is 0.458 e. The van der Waals surface area contributed by atoms with Gasteiger partial charge in [-0.1, -0.05) is 74.6 Å². The van der Waals surface area contributed by atoms with Crippen molar-refractivity contribution >= 4 is 22.4 Å². The van der Waals surface area contributed by atoms with Crippen LogP contribution in [-0.2, 0) is 6.42 Å². The Kier molecular flexibility index (Phi) is 9.17. The molecule has 0 saturated heterocycles. The summed E-state index contributed by atoms with van der Waals surface area (Å²) in [5.74, 6) is -4.58. The molecule has 4 aromatic carbocycles. The van der Waals surface area contributed by atoms with Crippen LogP contribution in [0.3, 0.4) is 0 Å². The van der Waals surface area contributed by atoms with Gasteiger partial charge in [-0.05, 0) is 59.2 Å². The zero-order chi connectivity index (χ0) is 29.7. The first-order chi connectivity index (χ1) is 19.5. The molecule has 0 N–H and O–H groups in total. The van der Waals surface area contributed by atoms with Crippen LogP contribution >= 0.6 is 0 Å². The molecule has 212 valence electrons. The summed E-state index contributed by atoms with van der Waals surface area (Å²) in [5, 5.41) is -0.597. The molecule has 41 heavy (non-hydrogen) atoms. The Bertz CT molecular complexity index is 1650. The lowest BCUT2D eigenvalue weighted by Crippen LogP contribution is -2.02. The Morgan fingerprint density at radius 1 is 0.732 bits per heavy atom. The van der Waals surface area contributed by atoms with Crippen LogP contribution in [0, 0.1) is 29.3 Å². The van der Waals surface area contributed by atoms with Gasteiger partial charge in [0.2, 0.25) is 0 Å². The zero-order valence-electron chi connectivity index (χ0n) is 21.9. The second kappa shape index (κ2) is 12.6. The Hall–Kier alpha value is -4.12. The van der Waals surface area contributed by atoms with Gasteiger partial charge in [-0.3, -0.25) is 0 Å². The molecule has 8 heteroatoms. The van der Waals surface area contributed by atoms with Crippen molar-refractivity contribution in [3.8, 4) is 23.0 Å². The molecule has 0 radical (unpaired) electrons. The number of rotatable bonds is 8. The highest BCUT2D eigenvalue weighted by Gasteiger charge is 2.24. The van der Waals surface area contributed by atoms with Crippen LogP contribution in [0.5, 0.6) is 0 Å². The number of fused-ring (bicyclic) bond motifs is 1. The summed E-state index contributed by atoms with van der Waals surface area (Å²) >= 11 is 0. The lowest BCUT2D eigenvalue weighted by Gasteiger charge is -2.09. The summed E-state index contributed by atoms with van der Waals surface area (Å²) < 4.78 is 111. The first-order valence-corrected chi connectivity index (χ1v) is 12.9. The van der Waals surface area contributed by atoms with E-state index in [0.717, 1.165) is 67.5 Å². The number of benzene rings is 4. The highest BCUT2D eigenvalue weighted by atomic mass is 19.4. The standard InChI is InChI=1S/C33H24F8/c1-2-3-4-5-6-20-7-9-21(10-8-20)22-11-14-26(28(34)18-22)32(38)30(36)23-12-13-25-24(17-23)19-29(35)27(31(25)37)15-16-33(39,40)41/h7-14,17-19H,2-6H2,1H3/b32-30+. The number of aryl methyl sites for hydroxylation is 1. The molecular formula is C33H24F8. The van der Waals surface area contributed by atoms with Gasteiger partial charge in [-0.2, -0.15) is 13.2 Å². The molecule has 0 fully saturated rings. The maximum Gasteiger partial charge on any atom is 0.458 e. The van der Waals surface area contributed by atoms with Crippen LogP contribution in [0.1, 0.15) is 54.9 Å². The SMILES string of the molecule is CCCCCCc1ccc(-c2ccc(/C(F)=C(\F)c3ccc4c(F)c(C#CC(F)(F)F)c(F)cc4c3)c(F)c2)cc1. The lowest BCUT2D eigenvalue weighted by atomic mass is 9.99. The third-order valence-electron chi connectivity index (χ3n) is 6.62. The summed E-state index contributed by atoms with van der Waals surface area (Å²) in [4.78, 5) is 0.